The fourth-order valence-electron chi connectivity index (χ4n) is 2.74. The lowest BCUT2D eigenvalue weighted by Gasteiger charge is -2.15. The van der Waals surface area contributed by atoms with Gasteiger partial charge < -0.3 is 15.0 Å². The first-order chi connectivity index (χ1) is 10.7. The van der Waals surface area contributed by atoms with Gasteiger partial charge in [0.1, 0.15) is 11.9 Å². The summed E-state index contributed by atoms with van der Waals surface area (Å²) in [5.41, 5.74) is 2.40. The van der Waals surface area contributed by atoms with E-state index in [0.29, 0.717) is 0 Å². The molecule has 116 valence electrons. The second-order valence-electron chi connectivity index (χ2n) is 6.00. The standard InChI is InChI=1S/C18H23N3O/c1-14-10-17(19-12-15-6-4-3-5-7-15)20-18(11-14)22-16-8-9-21(2)13-16/h3-7,10-11,16H,8-9,12-13H2,1-2H3,(H,19,20). The summed E-state index contributed by atoms with van der Waals surface area (Å²) >= 11 is 0. The number of nitrogens with one attached hydrogen (secondary N) is 1. The van der Waals surface area contributed by atoms with Crippen molar-refractivity contribution in [3.63, 3.8) is 0 Å². The molecule has 4 nitrogen and oxygen atoms in total. The van der Waals surface area contributed by atoms with Gasteiger partial charge in [0.2, 0.25) is 5.88 Å². The summed E-state index contributed by atoms with van der Waals surface area (Å²) in [6.07, 6.45) is 1.32. The van der Waals surface area contributed by atoms with Crippen LogP contribution in [0.5, 0.6) is 5.88 Å². The summed E-state index contributed by atoms with van der Waals surface area (Å²) in [5, 5.41) is 3.37. The van der Waals surface area contributed by atoms with Crippen LogP contribution in [-0.2, 0) is 6.54 Å². The van der Waals surface area contributed by atoms with E-state index in [4.69, 9.17) is 4.74 Å². The van der Waals surface area contributed by atoms with Crippen molar-refractivity contribution in [3.8, 4) is 5.88 Å². The molecule has 0 bridgehead atoms. The van der Waals surface area contributed by atoms with Crippen molar-refractivity contribution in [2.45, 2.75) is 26.0 Å². The average Bonchev–Trinajstić information content (AvgIpc) is 2.91. The Hall–Kier alpha value is -2.07. The molecule has 3 rings (SSSR count). The van der Waals surface area contributed by atoms with Crippen LogP contribution in [0, 0.1) is 6.92 Å². The van der Waals surface area contributed by atoms with Gasteiger partial charge in [0.25, 0.3) is 0 Å². The second kappa shape index (κ2) is 6.79. The minimum Gasteiger partial charge on any atom is -0.473 e. The number of hydrogen-bond donors (Lipinski definition) is 1. The molecule has 2 aromatic rings. The lowest BCUT2D eigenvalue weighted by atomic mass is 10.2. The van der Waals surface area contributed by atoms with Crippen molar-refractivity contribution in [1.29, 1.82) is 0 Å². The molecular weight excluding hydrogens is 274 g/mol. The monoisotopic (exact) mass is 297 g/mol. The predicted molar refractivity (Wildman–Crippen MR) is 89.3 cm³/mol. The molecule has 0 aliphatic carbocycles. The first-order valence-electron chi connectivity index (χ1n) is 7.81. The van der Waals surface area contributed by atoms with Crippen molar-refractivity contribution in [3.05, 3.63) is 53.6 Å². The Kier molecular flexibility index (Phi) is 4.59. The highest BCUT2D eigenvalue weighted by molar-refractivity contribution is 5.41. The van der Waals surface area contributed by atoms with Gasteiger partial charge in [-0.15, -0.1) is 0 Å². The number of likely N-dealkylation sites (tertiary alicyclic amines) is 1. The number of hydrogen-bond acceptors (Lipinski definition) is 4. The van der Waals surface area contributed by atoms with Crippen LogP contribution < -0.4 is 10.1 Å². The molecule has 1 aliphatic rings. The molecule has 0 radical (unpaired) electrons. The van der Waals surface area contributed by atoms with E-state index in [1.807, 2.05) is 24.3 Å². The predicted octanol–water partition coefficient (Wildman–Crippen LogP) is 3.09. The molecule has 1 aromatic heterocycles. The molecule has 1 aromatic carbocycles. The Morgan fingerprint density at radius 2 is 2.09 bits per heavy atom. The third-order valence-corrected chi connectivity index (χ3v) is 3.90. The maximum atomic E-state index is 6.03. The van der Waals surface area contributed by atoms with Gasteiger partial charge in [-0.2, -0.15) is 4.98 Å². The molecule has 0 saturated carbocycles. The van der Waals surface area contributed by atoms with E-state index in [9.17, 15) is 0 Å². The number of benzene rings is 1. The third-order valence-electron chi connectivity index (χ3n) is 3.90. The summed E-state index contributed by atoms with van der Waals surface area (Å²) < 4.78 is 6.03. The number of anilines is 1. The average molecular weight is 297 g/mol. The normalized spacial score (nSPS) is 18.4. The van der Waals surface area contributed by atoms with Crippen LogP contribution in [0.3, 0.4) is 0 Å². The van der Waals surface area contributed by atoms with Gasteiger partial charge in [0.05, 0.1) is 0 Å². The minimum atomic E-state index is 0.251. The van der Waals surface area contributed by atoms with Gasteiger partial charge in [0.15, 0.2) is 0 Å². The van der Waals surface area contributed by atoms with Crippen LogP contribution in [0.2, 0.25) is 0 Å². The van der Waals surface area contributed by atoms with E-state index in [1.165, 1.54) is 5.56 Å². The molecule has 0 spiro atoms. The van der Waals surface area contributed by atoms with Gasteiger partial charge in [0, 0.05) is 25.7 Å². The number of aryl methyl sites for hydroxylation is 1. The van der Waals surface area contributed by atoms with Crippen LogP contribution >= 0.6 is 0 Å². The maximum absolute atomic E-state index is 6.03. The van der Waals surface area contributed by atoms with E-state index < -0.39 is 0 Å². The molecule has 1 atom stereocenters. The van der Waals surface area contributed by atoms with Crippen molar-refractivity contribution in [2.24, 2.45) is 0 Å². The van der Waals surface area contributed by atoms with Gasteiger partial charge in [-0.05, 0) is 37.6 Å². The largest absolute Gasteiger partial charge is 0.473 e. The van der Waals surface area contributed by atoms with Gasteiger partial charge in [-0.25, -0.2) is 0 Å². The zero-order valence-corrected chi connectivity index (χ0v) is 13.2. The number of aromatic nitrogens is 1. The fourth-order valence-corrected chi connectivity index (χ4v) is 2.74. The van der Waals surface area contributed by atoms with Gasteiger partial charge >= 0.3 is 0 Å². The van der Waals surface area contributed by atoms with Crippen molar-refractivity contribution in [2.75, 3.05) is 25.5 Å². The molecule has 22 heavy (non-hydrogen) atoms. The Labute approximate surface area is 132 Å². The Balaban J connectivity index is 1.64. The second-order valence-corrected chi connectivity index (χ2v) is 6.00. The van der Waals surface area contributed by atoms with Crippen LogP contribution in [-0.4, -0.2) is 36.1 Å². The molecule has 1 aliphatic heterocycles. The molecule has 1 saturated heterocycles. The van der Waals surface area contributed by atoms with E-state index >= 15 is 0 Å². The van der Waals surface area contributed by atoms with Crippen LogP contribution in [0.1, 0.15) is 17.5 Å². The zero-order valence-electron chi connectivity index (χ0n) is 13.2. The topological polar surface area (TPSA) is 37.4 Å². The fraction of sp³-hybridized carbons (Fsp3) is 0.389. The molecule has 0 amide bonds. The SMILES string of the molecule is Cc1cc(NCc2ccccc2)nc(OC2CCN(C)C2)c1. The van der Waals surface area contributed by atoms with E-state index in [2.05, 4.69) is 47.4 Å². The highest BCUT2D eigenvalue weighted by Crippen LogP contribution is 2.20. The highest BCUT2D eigenvalue weighted by Gasteiger charge is 2.21. The summed E-state index contributed by atoms with van der Waals surface area (Å²) in [6.45, 7) is 4.91. The van der Waals surface area contributed by atoms with Crippen molar-refractivity contribution < 1.29 is 4.74 Å². The van der Waals surface area contributed by atoms with Crippen LogP contribution in [0.4, 0.5) is 5.82 Å². The minimum absolute atomic E-state index is 0.251. The third kappa shape index (κ3) is 3.98. The first kappa shape index (κ1) is 14.9. The lowest BCUT2D eigenvalue weighted by molar-refractivity contribution is 0.200. The molecular formula is C18H23N3O. The highest BCUT2D eigenvalue weighted by atomic mass is 16.5. The first-order valence-corrected chi connectivity index (χ1v) is 7.81. The number of pyridine rings is 1. The van der Waals surface area contributed by atoms with E-state index in [-0.39, 0.29) is 6.10 Å². The van der Waals surface area contributed by atoms with Crippen LogP contribution in [0.15, 0.2) is 42.5 Å². The lowest BCUT2D eigenvalue weighted by Crippen LogP contribution is -2.22. The van der Waals surface area contributed by atoms with E-state index in [0.717, 1.165) is 43.3 Å². The molecule has 1 fully saturated rings. The number of rotatable bonds is 5. The Morgan fingerprint density at radius 3 is 2.82 bits per heavy atom. The summed E-state index contributed by atoms with van der Waals surface area (Å²) in [4.78, 5) is 6.87. The quantitative estimate of drug-likeness (QED) is 0.920. The smallest absolute Gasteiger partial charge is 0.215 e. The van der Waals surface area contributed by atoms with Crippen molar-refractivity contribution in [1.82, 2.24) is 9.88 Å². The number of nitrogens with zero attached hydrogens (tertiary/aromatic N) is 2. The molecule has 1 unspecified atom stereocenters. The van der Waals surface area contributed by atoms with Crippen molar-refractivity contribution >= 4 is 5.82 Å². The summed E-state index contributed by atoms with van der Waals surface area (Å²) in [7, 11) is 2.12. The molecule has 1 N–H and O–H groups in total. The van der Waals surface area contributed by atoms with Gasteiger partial charge in [-0.1, -0.05) is 30.3 Å². The zero-order chi connectivity index (χ0) is 15.4. The molecule has 4 heteroatoms. The number of ether oxygens (including phenoxy) is 1. The number of likely N-dealkylation sites (N-methyl/N-ethyl adjacent to an activating group) is 1. The maximum Gasteiger partial charge on any atom is 0.215 e. The van der Waals surface area contributed by atoms with E-state index in [1.54, 1.807) is 0 Å². The summed E-state index contributed by atoms with van der Waals surface area (Å²) in [5.74, 6) is 1.58. The Morgan fingerprint density at radius 1 is 1.27 bits per heavy atom. The van der Waals surface area contributed by atoms with Gasteiger partial charge in [-0.3, -0.25) is 0 Å². The van der Waals surface area contributed by atoms with Crippen LogP contribution in [0.25, 0.3) is 0 Å². The summed E-state index contributed by atoms with van der Waals surface area (Å²) in [6, 6.07) is 14.4. The Bertz CT molecular complexity index is 615. The molecule has 2 heterocycles.